The molecular weight excluding hydrogens is 200 g/mol. The molecule has 1 aliphatic rings. The molecule has 0 saturated carbocycles. The molecule has 13 heavy (non-hydrogen) atoms. The van der Waals surface area contributed by atoms with Crippen LogP contribution in [-0.4, -0.2) is 23.6 Å². The molecule has 2 rings (SSSR count). The number of thiocarbonyl (C=S) groups is 1. The van der Waals surface area contributed by atoms with E-state index in [1.165, 1.54) is 10.4 Å². The van der Waals surface area contributed by atoms with Gasteiger partial charge >= 0.3 is 0 Å². The molecule has 1 aliphatic heterocycles. The largest absolute Gasteiger partial charge is 0.366 e. The Morgan fingerprint density at radius 1 is 1.69 bits per heavy atom. The van der Waals surface area contributed by atoms with Crippen LogP contribution in [0.5, 0.6) is 0 Å². The molecule has 1 aromatic heterocycles. The van der Waals surface area contributed by atoms with Crippen molar-refractivity contribution in [3.8, 4) is 0 Å². The first kappa shape index (κ1) is 8.97. The molecule has 0 saturated heterocycles. The Labute approximate surface area is 87.6 Å². The van der Waals surface area contributed by atoms with E-state index in [0.717, 1.165) is 24.6 Å². The van der Waals surface area contributed by atoms with Crippen molar-refractivity contribution in [3.05, 3.63) is 21.9 Å². The van der Waals surface area contributed by atoms with Crippen LogP contribution >= 0.6 is 23.6 Å². The number of hydrogen-bond donors (Lipinski definition) is 1. The van der Waals surface area contributed by atoms with Crippen LogP contribution in [0.25, 0.3) is 0 Å². The van der Waals surface area contributed by atoms with Crippen LogP contribution in [0.3, 0.4) is 0 Å². The molecule has 0 spiro atoms. The Kier molecular flexibility index (Phi) is 2.51. The van der Waals surface area contributed by atoms with Gasteiger partial charge in [0.25, 0.3) is 0 Å². The standard InChI is InChI=1S/C9H12N2S2/c1-10-9(12)11-4-2-8-7(6-11)3-5-13-8/h3,5H,2,4,6H2,1H3,(H,10,12). The van der Waals surface area contributed by atoms with Crippen LogP contribution in [0, 0.1) is 0 Å². The summed E-state index contributed by atoms with van der Waals surface area (Å²) in [4.78, 5) is 3.74. The normalized spacial score (nSPS) is 15.3. The van der Waals surface area contributed by atoms with Gasteiger partial charge in [-0.3, -0.25) is 0 Å². The van der Waals surface area contributed by atoms with Gasteiger partial charge in [0.15, 0.2) is 5.11 Å². The van der Waals surface area contributed by atoms with Gasteiger partial charge in [-0.05, 0) is 35.6 Å². The molecule has 0 amide bonds. The molecule has 1 aromatic rings. The zero-order chi connectivity index (χ0) is 9.26. The average molecular weight is 212 g/mol. The van der Waals surface area contributed by atoms with Crippen molar-refractivity contribution in [1.29, 1.82) is 0 Å². The lowest BCUT2D eigenvalue weighted by atomic mass is 10.1. The number of fused-ring (bicyclic) bond motifs is 1. The summed E-state index contributed by atoms with van der Waals surface area (Å²) in [6.07, 6.45) is 1.13. The molecule has 4 heteroatoms. The molecule has 70 valence electrons. The summed E-state index contributed by atoms with van der Waals surface area (Å²) in [5.74, 6) is 0. The lowest BCUT2D eigenvalue weighted by Crippen LogP contribution is -2.40. The van der Waals surface area contributed by atoms with Gasteiger partial charge in [-0.1, -0.05) is 0 Å². The highest BCUT2D eigenvalue weighted by atomic mass is 32.1. The van der Waals surface area contributed by atoms with E-state index in [1.54, 1.807) is 0 Å². The van der Waals surface area contributed by atoms with Gasteiger partial charge in [-0.25, -0.2) is 0 Å². The first-order valence-electron chi connectivity index (χ1n) is 4.33. The number of nitrogens with one attached hydrogen (secondary N) is 1. The van der Waals surface area contributed by atoms with Crippen molar-refractivity contribution in [1.82, 2.24) is 10.2 Å². The maximum absolute atomic E-state index is 5.20. The summed E-state index contributed by atoms with van der Waals surface area (Å²) in [5, 5.41) is 6.04. The van der Waals surface area contributed by atoms with E-state index in [-0.39, 0.29) is 0 Å². The molecule has 2 nitrogen and oxygen atoms in total. The highest BCUT2D eigenvalue weighted by molar-refractivity contribution is 7.80. The number of rotatable bonds is 0. The Hall–Kier alpha value is -0.610. The maximum Gasteiger partial charge on any atom is 0.168 e. The van der Waals surface area contributed by atoms with Crippen molar-refractivity contribution in [2.24, 2.45) is 0 Å². The number of thiophene rings is 1. The predicted molar refractivity (Wildman–Crippen MR) is 60.1 cm³/mol. The molecule has 0 aliphatic carbocycles. The summed E-state index contributed by atoms with van der Waals surface area (Å²) in [7, 11) is 1.88. The maximum atomic E-state index is 5.20. The van der Waals surface area contributed by atoms with E-state index in [0.29, 0.717) is 0 Å². The van der Waals surface area contributed by atoms with E-state index in [1.807, 2.05) is 18.4 Å². The van der Waals surface area contributed by atoms with Crippen molar-refractivity contribution in [2.45, 2.75) is 13.0 Å². The molecule has 0 atom stereocenters. The van der Waals surface area contributed by atoms with Gasteiger partial charge in [0, 0.05) is 25.0 Å². The van der Waals surface area contributed by atoms with Gasteiger partial charge in [0.1, 0.15) is 0 Å². The van der Waals surface area contributed by atoms with Crippen LogP contribution in [0.2, 0.25) is 0 Å². The molecule has 2 heterocycles. The predicted octanol–water partition coefficient (Wildman–Crippen LogP) is 1.61. The molecule has 0 radical (unpaired) electrons. The zero-order valence-electron chi connectivity index (χ0n) is 7.54. The lowest BCUT2D eigenvalue weighted by molar-refractivity contribution is 0.394. The smallest absolute Gasteiger partial charge is 0.168 e. The van der Waals surface area contributed by atoms with Crippen molar-refractivity contribution < 1.29 is 0 Å². The Balaban J connectivity index is 2.13. The van der Waals surface area contributed by atoms with Crippen LogP contribution in [0.4, 0.5) is 0 Å². The van der Waals surface area contributed by atoms with Crippen molar-refractivity contribution in [2.75, 3.05) is 13.6 Å². The Morgan fingerprint density at radius 3 is 3.31 bits per heavy atom. The summed E-state index contributed by atoms with van der Waals surface area (Å²) in [6, 6.07) is 2.20. The van der Waals surface area contributed by atoms with E-state index < -0.39 is 0 Å². The highest BCUT2D eigenvalue weighted by Gasteiger charge is 2.17. The van der Waals surface area contributed by atoms with Crippen LogP contribution in [0.15, 0.2) is 11.4 Å². The topological polar surface area (TPSA) is 15.3 Å². The Bertz CT molecular complexity index is 319. The minimum Gasteiger partial charge on any atom is -0.366 e. The number of nitrogens with zero attached hydrogens (tertiary/aromatic N) is 1. The second-order valence-corrected chi connectivity index (χ2v) is 4.48. The van der Waals surface area contributed by atoms with E-state index in [9.17, 15) is 0 Å². The monoisotopic (exact) mass is 212 g/mol. The summed E-state index contributed by atoms with van der Waals surface area (Å²) >= 11 is 7.05. The first-order valence-corrected chi connectivity index (χ1v) is 5.62. The second-order valence-electron chi connectivity index (χ2n) is 3.10. The highest BCUT2D eigenvalue weighted by Crippen LogP contribution is 2.23. The van der Waals surface area contributed by atoms with Gasteiger partial charge in [0.05, 0.1) is 0 Å². The van der Waals surface area contributed by atoms with Gasteiger partial charge in [-0.2, -0.15) is 0 Å². The van der Waals surface area contributed by atoms with Crippen LogP contribution in [0.1, 0.15) is 10.4 Å². The number of hydrogen-bond acceptors (Lipinski definition) is 2. The molecule has 0 aromatic carbocycles. The van der Waals surface area contributed by atoms with Gasteiger partial charge in [0.2, 0.25) is 0 Å². The van der Waals surface area contributed by atoms with Gasteiger partial charge in [-0.15, -0.1) is 11.3 Å². The molecular formula is C9H12N2S2. The molecule has 0 bridgehead atoms. The Morgan fingerprint density at radius 2 is 2.54 bits per heavy atom. The fraction of sp³-hybridized carbons (Fsp3) is 0.444. The molecule has 1 N–H and O–H groups in total. The van der Waals surface area contributed by atoms with E-state index in [2.05, 4.69) is 21.7 Å². The minimum atomic E-state index is 0.858. The summed E-state index contributed by atoms with van der Waals surface area (Å²) in [5.41, 5.74) is 1.44. The van der Waals surface area contributed by atoms with E-state index in [4.69, 9.17) is 12.2 Å². The van der Waals surface area contributed by atoms with Crippen LogP contribution < -0.4 is 5.32 Å². The third-order valence-electron chi connectivity index (χ3n) is 2.31. The fourth-order valence-corrected chi connectivity index (χ4v) is 2.63. The van der Waals surface area contributed by atoms with Crippen molar-refractivity contribution in [3.63, 3.8) is 0 Å². The van der Waals surface area contributed by atoms with Gasteiger partial charge < -0.3 is 10.2 Å². The SMILES string of the molecule is CNC(=S)N1CCc2sccc2C1. The van der Waals surface area contributed by atoms with Crippen LogP contribution in [-0.2, 0) is 13.0 Å². The first-order chi connectivity index (χ1) is 6.31. The zero-order valence-corrected chi connectivity index (χ0v) is 9.17. The summed E-state index contributed by atoms with van der Waals surface area (Å²) < 4.78 is 0. The molecule has 0 fully saturated rings. The molecule has 0 unspecified atom stereocenters. The average Bonchev–Trinajstić information content (AvgIpc) is 2.63. The fourth-order valence-electron chi connectivity index (χ4n) is 1.58. The third-order valence-corrected chi connectivity index (χ3v) is 3.79. The second kappa shape index (κ2) is 3.64. The van der Waals surface area contributed by atoms with Crippen molar-refractivity contribution >= 4 is 28.7 Å². The van der Waals surface area contributed by atoms with E-state index >= 15 is 0 Å². The lowest BCUT2D eigenvalue weighted by Gasteiger charge is -2.28. The third kappa shape index (κ3) is 1.69. The minimum absolute atomic E-state index is 0.858. The summed E-state index contributed by atoms with van der Waals surface area (Å²) in [6.45, 7) is 2.02. The quantitative estimate of drug-likeness (QED) is 0.658.